The molecule has 0 aromatic carbocycles. The molecule has 0 aliphatic carbocycles. The average molecular weight is 258 g/mol. The molecule has 0 spiro atoms. The molecule has 0 saturated carbocycles. The number of aryl methyl sites for hydroxylation is 1. The Bertz CT molecular complexity index is 427. The van der Waals surface area contributed by atoms with E-state index in [0.717, 1.165) is 0 Å². The van der Waals surface area contributed by atoms with Crippen molar-refractivity contribution < 1.29 is 4.92 Å². The molecule has 0 aliphatic rings. The van der Waals surface area contributed by atoms with E-state index in [0.29, 0.717) is 36.7 Å². The summed E-state index contributed by atoms with van der Waals surface area (Å²) in [6.07, 6.45) is 4.83. The Balaban J connectivity index is 3.13. The van der Waals surface area contributed by atoms with Gasteiger partial charge in [0, 0.05) is 5.88 Å². The zero-order chi connectivity index (χ0) is 12.8. The Morgan fingerprint density at radius 3 is 2.59 bits per heavy atom. The second kappa shape index (κ2) is 6.39. The predicted molar refractivity (Wildman–Crippen MR) is 67.5 cm³/mol. The van der Waals surface area contributed by atoms with Gasteiger partial charge in [0.2, 0.25) is 0 Å². The highest BCUT2D eigenvalue weighted by Crippen LogP contribution is 2.24. The quantitative estimate of drug-likeness (QED) is 0.341. The summed E-state index contributed by atoms with van der Waals surface area (Å²) in [5.74, 6) is 0.436. The lowest BCUT2D eigenvalue weighted by molar-refractivity contribution is -0.386. The summed E-state index contributed by atoms with van der Waals surface area (Å²) >= 11 is 5.53. The maximum Gasteiger partial charge on any atom is 0.313 e. The topological polar surface area (TPSA) is 61.0 Å². The minimum absolute atomic E-state index is 0.161. The number of nitro groups is 1. The van der Waals surface area contributed by atoms with Crippen LogP contribution in [0.4, 0.5) is 5.69 Å². The molecular weight excluding hydrogens is 242 g/mol. The van der Waals surface area contributed by atoms with Crippen LogP contribution in [-0.2, 0) is 19.4 Å². The van der Waals surface area contributed by atoms with Crippen molar-refractivity contribution in [3.8, 4) is 0 Å². The highest BCUT2D eigenvalue weighted by molar-refractivity contribution is 6.18. The maximum atomic E-state index is 11.0. The van der Waals surface area contributed by atoms with Gasteiger partial charge in [0.25, 0.3) is 0 Å². The normalized spacial score (nSPS) is 11.2. The zero-order valence-corrected chi connectivity index (χ0v) is 10.8. The SMILES string of the molecule is CCc1nn(C/C=C/CCl)c(CC)c1[N+](=O)[O-]. The van der Waals surface area contributed by atoms with Gasteiger partial charge in [-0.2, -0.15) is 5.10 Å². The molecule has 0 bridgehead atoms. The Labute approximate surface area is 105 Å². The molecule has 0 unspecified atom stereocenters. The number of allylic oxidation sites excluding steroid dienone is 2. The molecule has 94 valence electrons. The van der Waals surface area contributed by atoms with E-state index in [1.165, 1.54) is 0 Å². The summed E-state index contributed by atoms with van der Waals surface area (Å²) in [6.45, 7) is 4.29. The summed E-state index contributed by atoms with van der Waals surface area (Å²) in [5, 5.41) is 15.3. The molecule has 1 aromatic heterocycles. The molecule has 1 aromatic rings. The van der Waals surface area contributed by atoms with Crippen LogP contribution in [0.5, 0.6) is 0 Å². The fourth-order valence-electron chi connectivity index (χ4n) is 1.73. The van der Waals surface area contributed by atoms with Crippen molar-refractivity contribution in [1.82, 2.24) is 9.78 Å². The molecule has 6 heteroatoms. The first kappa shape index (κ1) is 13.7. The van der Waals surface area contributed by atoms with E-state index < -0.39 is 0 Å². The Morgan fingerprint density at radius 1 is 1.41 bits per heavy atom. The van der Waals surface area contributed by atoms with Crippen molar-refractivity contribution in [3.05, 3.63) is 33.7 Å². The summed E-state index contributed by atoms with van der Waals surface area (Å²) in [7, 11) is 0. The molecule has 0 amide bonds. The highest BCUT2D eigenvalue weighted by atomic mass is 35.5. The smallest absolute Gasteiger partial charge is 0.258 e. The summed E-state index contributed by atoms with van der Waals surface area (Å²) in [4.78, 5) is 10.7. The van der Waals surface area contributed by atoms with Crippen LogP contribution in [-0.4, -0.2) is 20.6 Å². The van der Waals surface area contributed by atoms with Gasteiger partial charge < -0.3 is 0 Å². The minimum atomic E-state index is -0.341. The lowest BCUT2D eigenvalue weighted by Crippen LogP contribution is -2.03. The third kappa shape index (κ3) is 3.06. The number of hydrogen-bond acceptors (Lipinski definition) is 3. The first-order valence-electron chi connectivity index (χ1n) is 5.59. The van der Waals surface area contributed by atoms with E-state index in [1.54, 1.807) is 10.8 Å². The van der Waals surface area contributed by atoms with Crippen molar-refractivity contribution in [1.29, 1.82) is 0 Å². The third-order valence-electron chi connectivity index (χ3n) is 2.49. The van der Waals surface area contributed by atoms with Gasteiger partial charge >= 0.3 is 5.69 Å². The molecule has 0 saturated heterocycles. The first-order valence-corrected chi connectivity index (χ1v) is 6.13. The maximum absolute atomic E-state index is 11.0. The van der Waals surface area contributed by atoms with Crippen LogP contribution in [0.2, 0.25) is 0 Å². The van der Waals surface area contributed by atoms with Crippen molar-refractivity contribution in [3.63, 3.8) is 0 Å². The van der Waals surface area contributed by atoms with E-state index in [1.807, 2.05) is 19.9 Å². The first-order chi connectivity index (χ1) is 8.15. The predicted octanol–water partition coefficient (Wildman–Crippen LogP) is 2.71. The van der Waals surface area contributed by atoms with E-state index in [4.69, 9.17) is 11.6 Å². The van der Waals surface area contributed by atoms with Crippen molar-refractivity contribution in [2.45, 2.75) is 33.2 Å². The van der Waals surface area contributed by atoms with Crippen LogP contribution in [0.3, 0.4) is 0 Å². The zero-order valence-electron chi connectivity index (χ0n) is 10.0. The molecule has 0 fully saturated rings. The van der Waals surface area contributed by atoms with Gasteiger partial charge in [-0.3, -0.25) is 14.8 Å². The van der Waals surface area contributed by atoms with E-state index >= 15 is 0 Å². The van der Waals surface area contributed by atoms with E-state index in [2.05, 4.69) is 5.10 Å². The molecule has 0 aliphatic heterocycles. The van der Waals surface area contributed by atoms with Crippen LogP contribution < -0.4 is 0 Å². The molecule has 5 nitrogen and oxygen atoms in total. The van der Waals surface area contributed by atoms with Crippen molar-refractivity contribution in [2.24, 2.45) is 0 Å². The van der Waals surface area contributed by atoms with Crippen molar-refractivity contribution in [2.75, 3.05) is 5.88 Å². The van der Waals surface area contributed by atoms with Crippen LogP contribution in [0.1, 0.15) is 25.2 Å². The van der Waals surface area contributed by atoms with Gasteiger partial charge in [-0.25, -0.2) is 0 Å². The Hall–Kier alpha value is -1.36. The monoisotopic (exact) mass is 257 g/mol. The molecule has 17 heavy (non-hydrogen) atoms. The lowest BCUT2D eigenvalue weighted by Gasteiger charge is -2.00. The fraction of sp³-hybridized carbons (Fsp3) is 0.545. The fourth-order valence-corrected chi connectivity index (χ4v) is 1.86. The molecule has 0 N–H and O–H groups in total. The Morgan fingerprint density at radius 2 is 2.12 bits per heavy atom. The minimum Gasteiger partial charge on any atom is -0.258 e. The van der Waals surface area contributed by atoms with Gasteiger partial charge in [-0.05, 0) is 12.8 Å². The lowest BCUT2D eigenvalue weighted by atomic mass is 10.2. The number of aromatic nitrogens is 2. The van der Waals surface area contributed by atoms with Gasteiger partial charge in [0.05, 0.1) is 11.5 Å². The highest BCUT2D eigenvalue weighted by Gasteiger charge is 2.24. The molecule has 0 radical (unpaired) electrons. The second-order valence-electron chi connectivity index (χ2n) is 3.51. The molecular formula is C11H16ClN3O2. The molecule has 0 atom stereocenters. The van der Waals surface area contributed by atoms with Gasteiger partial charge in [-0.15, -0.1) is 11.6 Å². The largest absolute Gasteiger partial charge is 0.313 e. The van der Waals surface area contributed by atoms with Gasteiger partial charge in [-0.1, -0.05) is 26.0 Å². The standard InChI is InChI=1S/C11H16ClN3O2/c1-3-9-11(15(16)17)10(4-2)14(13-9)8-6-5-7-12/h5-6H,3-4,7-8H2,1-2H3/b6-5+. The molecule has 1 heterocycles. The van der Waals surface area contributed by atoms with Crippen LogP contribution in [0, 0.1) is 10.1 Å². The summed E-state index contributed by atoms with van der Waals surface area (Å²) in [5.41, 5.74) is 1.38. The summed E-state index contributed by atoms with van der Waals surface area (Å²) < 4.78 is 1.68. The average Bonchev–Trinajstić information content (AvgIpc) is 2.67. The number of nitrogens with zero attached hydrogens (tertiary/aromatic N) is 3. The van der Waals surface area contributed by atoms with Gasteiger partial charge in [0.15, 0.2) is 0 Å². The van der Waals surface area contributed by atoms with Crippen LogP contribution in [0.25, 0.3) is 0 Å². The van der Waals surface area contributed by atoms with Crippen LogP contribution >= 0.6 is 11.6 Å². The molecule has 1 rings (SSSR count). The number of hydrogen-bond donors (Lipinski definition) is 0. The number of alkyl halides is 1. The van der Waals surface area contributed by atoms with Gasteiger partial charge in [0.1, 0.15) is 11.4 Å². The van der Waals surface area contributed by atoms with E-state index in [9.17, 15) is 10.1 Å². The van der Waals surface area contributed by atoms with E-state index in [-0.39, 0.29) is 10.6 Å². The number of rotatable bonds is 6. The Kier molecular flexibility index (Phi) is 5.15. The van der Waals surface area contributed by atoms with Crippen molar-refractivity contribution >= 4 is 17.3 Å². The summed E-state index contributed by atoms with van der Waals surface area (Å²) in [6, 6.07) is 0. The second-order valence-corrected chi connectivity index (χ2v) is 3.82. The third-order valence-corrected chi connectivity index (χ3v) is 2.66. The number of halogens is 1. The van der Waals surface area contributed by atoms with Crippen LogP contribution in [0.15, 0.2) is 12.2 Å².